The monoisotopic (exact) mass is 423 g/mol. The smallest absolute Gasteiger partial charge is 0.254 e. The van der Waals surface area contributed by atoms with Crippen molar-refractivity contribution in [3.63, 3.8) is 0 Å². The largest absolute Gasteiger partial charge is 0.495 e. The van der Waals surface area contributed by atoms with Gasteiger partial charge in [-0.05, 0) is 30.5 Å². The zero-order chi connectivity index (χ0) is 20.8. The Bertz CT molecular complexity index is 1020. The molecule has 1 amide bonds. The lowest BCUT2D eigenvalue weighted by Crippen LogP contribution is -2.30. The number of carbonyl (C=O) groups is 1. The Labute approximate surface area is 178 Å². The van der Waals surface area contributed by atoms with E-state index in [4.69, 9.17) is 4.74 Å². The summed E-state index contributed by atoms with van der Waals surface area (Å²) in [7, 11) is 1.56. The topological polar surface area (TPSA) is 74.2 Å². The Morgan fingerprint density at radius 2 is 2.21 bits per heavy atom. The SMILES string of the molecule is C=CCSC1=C(C#N)[C@@H](c2cccs2)C(C(=O)Nc2ccccc2OC)=C(C)N1. The van der Waals surface area contributed by atoms with Crippen molar-refractivity contribution in [3.8, 4) is 11.8 Å². The summed E-state index contributed by atoms with van der Waals surface area (Å²) < 4.78 is 5.34. The number of para-hydroxylation sites is 2. The van der Waals surface area contributed by atoms with Crippen LogP contribution in [-0.4, -0.2) is 18.8 Å². The van der Waals surface area contributed by atoms with Gasteiger partial charge in [0, 0.05) is 21.9 Å². The average molecular weight is 424 g/mol. The normalized spacial score (nSPS) is 16.1. The lowest BCUT2D eigenvalue weighted by atomic mass is 9.86. The minimum atomic E-state index is -0.428. The Hall–Kier alpha value is -2.95. The van der Waals surface area contributed by atoms with E-state index in [1.165, 1.54) is 23.1 Å². The Balaban J connectivity index is 2.03. The van der Waals surface area contributed by atoms with Gasteiger partial charge in [-0.3, -0.25) is 4.79 Å². The molecule has 0 aliphatic carbocycles. The molecule has 5 nitrogen and oxygen atoms in total. The van der Waals surface area contributed by atoms with E-state index in [9.17, 15) is 10.1 Å². The molecule has 2 heterocycles. The molecule has 1 atom stereocenters. The van der Waals surface area contributed by atoms with Crippen LogP contribution in [0.4, 0.5) is 5.69 Å². The number of methoxy groups -OCH3 is 1. The summed E-state index contributed by atoms with van der Waals surface area (Å²) in [4.78, 5) is 14.3. The molecule has 7 heteroatoms. The van der Waals surface area contributed by atoms with Crippen LogP contribution in [0.25, 0.3) is 0 Å². The van der Waals surface area contributed by atoms with Crippen LogP contribution in [0.2, 0.25) is 0 Å². The molecule has 0 bridgehead atoms. The minimum Gasteiger partial charge on any atom is -0.495 e. The molecule has 0 radical (unpaired) electrons. The fraction of sp³-hybridized carbons (Fsp3) is 0.182. The molecule has 1 aromatic carbocycles. The fourth-order valence-corrected chi connectivity index (χ4v) is 4.82. The summed E-state index contributed by atoms with van der Waals surface area (Å²) in [6.07, 6.45) is 1.79. The lowest BCUT2D eigenvalue weighted by molar-refractivity contribution is -0.113. The van der Waals surface area contributed by atoms with Gasteiger partial charge in [0.15, 0.2) is 0 Å². The number of dihydropyridines is 1. The van der Waals surface area contributed by atoms with Crippen molar-refractivity contribution in [2.45, 2.75) is 12.8 Å². The van der Waals surface area contributed by atoms with E-state index in [1.807, 2.05) is 36.6 Å². The van der Waals surface area contributed by atoms with E-state index in [-0.39, 0.29) is 5.91 Å². The van der Waals surface area contributed by atoms with Crippen molar-refractivity contribution in [2.75, 3.05) is 18.2 Å². The summed E-state index contributed by atoms with van der Waals surface area (Å²) in [5, 5.41) is 18.8. The third-order valence-corrected chi connectivity index (χ3v) is 6.37. The van der Waals surface area contributed by atoms with Crippen molar-refractivity contribution in [1.29, 1.82) is 5.26 Å². The number of ether oxygens (including phenoxy) is 1. The highest BCUT2D eigenvalue weighted by Gasteiger charge is 2.35. The van der Waals surface area contributed by atoms with Crippen LogP contribution in [0.1, 0.15) is 17.7 Å². The first kappa shape index (κ1) is 20.8. The van der Waals surface area contributed by atoms with Gasteiger partial charge >= 0.3 is 0 Å². The number of hydrogen-bond acceptors (Lipinski definition) is 6. The van der Waals surface area contributed by atoms with Gasteiger partial charge in [0.2, 0.25) is 0 Å². The van der Waals surface area contributed by atoms with Gasteiger partial charge in [0.05, 0.1) is 35.4 Å². The summed E-state index contributed by atoms with van der Waals surface area (Å²) in [6.45, 7) is 5.61. The highest BCUT2D eigenvalue weighted by molar-refractivity contribution is 8.03. The van der Waals surface area contributed by atoms with E-state index < -0.39 is 5.92 Å². The number of carbonyl (C=O) groups excluding carboxylic acids is 1. The summed E-state index contributed by atoms with van der Waals surface area (Å²) in [5.74, 6) is 0.552. The van der Waals surface area contributed by atoms with E-state index in [1.54, 1.807) is 25.3 Å². The molecule has 1 aliphatic rings. The van der Waals surface area contributed by atoms with Gasteiger partial charge in [-0.1, -0.05) is 24.3 Å². The third-order valence-electron chi connectivity index (χ3n) is 4.42. The molecule has 29 heavy (non-hydrogen) atoms. The van der Waals surface area contributed by atoms with Gasteiger partial charge in [0.1, 0.15) is 5.75 Å². The number of thioether (sulfide) groups is 1. The molecule has 0 spiro atoms. The fourth-order valence-electron chi connectivity index (χ4n) is 3.15. The molecule has 1 aliphatic heterocycles. The quantitative estimate of drug-likeness (QED) is 0.612. The van der Waals surface area contributed by atoms with Crippen molar-refractivity contribution >= 4 is 34.7 Å². The molecule has 1 aromatic heterocycles. The minimum absolute atomic E-state index is 0.265. The number of nitrogens with zero attached hydrogens (tertiary/aromatic N) is 1. The molecule has 0 saturated carbocycles. The number of thiophene rings is 1. The molecule has 0 fully saturated rings. The molecule has 2 aromatic rings. The Morgan fingerprint density at radius 3 is 2.86 bits per heavy atom. The number of nitrogens with one attached hydrogen (secondary N) is 2. The standard InChI is InChI=1S/C22H21N3O2S2/c1-4-11-29-22-15(13-23)20(18-10-7-12-28-18)19(14(2)24-22)21(26)25-16-8-5-6-9-17(16)27-3/h4-10,12,20,24H,1,11H2,2-3H3,(H,25,26)/t20-/m0/s1. The first-order valence-electron chi connectivity index (χ1n) is 8.94. The maximum atomic E-state index is 13.3. The molecular formula is C22H21N3O2S2. The van der Waals surface area contributed by atoms with Gasteiger partial charge in [-0.2, -0.15) is 5.26 Å². The number of benzene rings is 1. The zero-order valence-electron chi connectivity index (χ0n) is 16.2. The number of amides is 1. The first-order chi connectivity index (χ1) is 14.1. The van der Waals surface area contributed by atoms with E-state index in [0.29, 0.717) is 28.3 Å². The maximum absolute atomic E-state index is 13.3. The molecule has 0 unspecified atom stereocenters. The second-order valence-electron chi connectivity index (χ2n) is 6.22. The Morgan fingerprint density at radius 1 is 1.41 bits per heavy atom. The number of allylic oxidation sites excluding steroid dienone is 2. The first-order valence-corrected chi connectivity index (χ1v) is 10.8. The van der Waals surface area contributed by atoms with Crippen LogP contribution in [0.5, 0.6) is 5.75 Å². The summed E-state index contributed by atoms with van der Waals surface area (Å²) in [5.41, 5.74) is 2.37. The van der Waals surface area contributed by atoms with E-state index in [0.717, 1.165) is 15.6 Å². The van der Waals surface area contributed by atoms with Crippen LogP contribution in [0.15, 0.2) is 76.3 Å². The molecule has 148 valence electrons. The number of hydrogen-bond donors (Lipinski definition) is 2. The highest BCUT2D eigenvalue weighted by Crippen LogP contribution is 2.42. The number of nitriles is 1. The summed E-state index contributed by atoms with van der Waals surface area (Å²) in [6, 6.07) is 13.5. The van der Waals surface area contributed by atoms with Crippen molar-refractivity contribution in [2.24, 2.45) is 0 Å². The molecule has 2 N–H and O–H groups in total. The van der Waals surface area contributed by atoms with E-state index >= 15 is 0 Å². The van der Waals surface area contributed by atoms with Crippen LogP contribution >= 0.6 is 23.1 Å². The highest BCUT2D eigenvalue weighted by atomic mass is 32.2. The Kier molecular flexibility index (Phi) is 6.81. The predicted molar refractivity (Wildman–Crippen MR) is 120 cm³/mol. The molecular weight excluding hydrogens is 402 g/mol. The lowest BCUT2D eigenvalue weighted by Gasteiger charge is -2.29. The van der Waals surface area contributed by atoms with Crippen LogP contribution < -0.4 is 15.4 Å². The average Bonchev–Trinajstić information content (AvgIpc) is 3.26. The van der Waals surface area contributed by atoms with Gasteiger partial charge < -0.3 is 15.4 Å². The number of anilines is 1. The number of rotatable bonds is 7. The second kappa shape index (κ2) is 9.50. The van der Waals surface area contributed by atoms with Crippen molar-refractivity contribution in [3.05, 3.63) is 81.2 Å². The maximum Gasteiger partial charge on any atom is 0.254 e. The van der Waals surface area contributed by atoms with Crippen LogP contribution in [0, 0.1) is 11.3 Å². The molecule has 3 rings (SSSR count). The van der Waals surface area contributed by atoms with Crippen LogP contribution in [0.3, 0.4) is 0 Å². The molecule has 0 saturated heterocycles. The van der Waals surface area contributed by atoms with Crippen molar-refractivity contribution < 1.29 is 9.53 Å². The van der Waals surface area contributed by atoms with Gasteiger partial charge in [-0.15, -0.1) is 29.7 Å². The van der Waals surface area contributed by atoms with E-state index in [2.05, 4.69) is 23.3 Å². The third kappa shape index (κ3) is 4.39. The predicted octanol–water partition coefficient (Wildman–Crippen LogP) is 5.01. The second-order valence-corrected chi connectivity index (χ2v) is 8.23. The van der Waals surface area contributed by atoms with Crippen molar-refractivity contribution in [1.82, 2.24) is 5.32 Å². The zero-order valence-corrected chi connectivity index (χ0v) is 17.8. The van der Waals surface area contributed by atoms with Gasteiger partial charge in [-0.25, -0.2) is 0 Å². The van der Waals surface area contributed by atoms with Crippen LogP contribution in [-0.2, 0) is 4.79 Å². The summed E-state index contributed by atoms with van der Waals surface area (Å²) >= 11 is 3.04. The van der Waals surface area contributed by atoms with Gasteiger partial charge in [0.25, 0.3) is 5.91 Å².